The number of aliphatic hydroxyl groups excluding tert-OH is 3. The van der Waals surface area contributed by atoms with Crippen molar-refractivity contribution in [2.75, 3.05) is 0 Å². The van der Waals surface area contributed by atoms with Crippen LogP contribution in [0.15, 0.2) is 48.6 Å². The van der Waals surface area contributed by atoms with Gasteiger partial charge in [0.2, 0.25) is 0 Å². The summed E-state index contributed by atoms with van der Waals surface area (Å²) in [5.41, 5.74) is 0. The lowest BCUT2D eigenvalue weighted by Crippen LogP contribution is -2.23. The van der Waals surface area contributed by atoms with Crippen LogP contribution >= 0.6 is 0 Å². The third-order valence-electron chi connectivity index (χ3n) is 3.14. The lowest BCUT2D eigenvalue weighted by molar-refractivity contribution is -0.137. The smallest absolute Gasteiger partial charge is 0.303 e. The molecule has 0 bridgehead atoms. The molecule has 0 aromatic carbocycles. The molecule has 0 aliphatic rings. The van der Waals surface area contributed by atoms with Gasteiger partial charge in [-0.3, -0.25) is 4.79 Å². The van der Waals surface area contributed by atoms with Gasteiger partial charge in [0.25, 0.3) is 0 Å². The Morgan fingerprint density at radius 2 is 1.35 bits per heavy atom. The van der Waals surface area contributed by atoms with Crippen LogP contribution in [0.1, 0.15) is 33.1 Å². The fourth-order valence-electron chi connectivity index (χ4n) is 1.60. The lowest BCUT2D eigenvalue weighted by Gasteiger charge is -2.13. The minimum absolute atomic E-state index is 0.0167. The van der Waals surface area contributed by atoms with Crippen molar-refractivity contribution >= 4 is 5.97 Å². The zero-order chi connectivity index (χ0) is 17.7. The molecule has 0 aliphatic heterocycles. The standard InChI is InChI=1S/C18H28O5/c1-14(2)15(19)10-7-5-3-4-6-8-11-16(20)17(21)12-9-13-18(22)23/h3-8,10-11,14-17,19-21H,9,12-13H2,1-2H3,(H,22,23)/b5-3-,6-4+,10-7+,11-8+/t15-,16-,17+/m1/s1. The number of carboxylic acids is 1. The Labute approximate surface area is 138 Å². The highest BCUT2D eigenvalue weighted by Crippen LogP contribution is 2.06. The molecule has 0 rings (SSSR count). The van der Waals surface area contributed by atoms with Crippen molar-refractivity contribution in [2.24, 2.45) is 5.92 Å². The maximum Gasteiger partial charge on any atom is 0.303 e. The Morgan fingerprint density at radius 3 is 1.83 bits per heavy atom. The number of hydrogen-bond donors (Lipinski definition) is 4. The highest BCUT2D eigenvalue weighted by molar-refractivity contribution is 5.66. The van der Waals surface area contributed by atoms with Gasteiger partial charge in [0.05, 0.1) is 18.3 Å². The summed E-state index contributed by atoms with van der Waals surface area (Å²) >= 11 is 0. The predicted molar refractivity (Wildman–Crippen MR) is 90.9 cm³/mol. The van der Waals surface area contributed by atoms with Crippen LogP contribution in [0.2, 0.25) is 0 Å². The molecular formula is C18H28O5. The van der Waals surface area contributed by atoms with Crippen molar-refractivity contribution in [3.05, 3.63) is 48.6 Å². The number of hydrogen-bond acceptors (Lipinski definition) is 4. The summed E-state index contributed by atoms with van der Waals surface area (Å²) in [5, 5.41) is 37.3. The van der Waals surface area contributed by atoms with Crippen LogP contribution in [-0.4, -0.2) is 44.7 Å². The fourth-order valence-corrected chi connectivity index (χ4v) is 1.60. The quantitative estimate of drug-likeness (QED) is 0.437. The molecule has 5 nitrogen and oxygen atoms in total. The highest BCUT2D eigenvalue weighted by atomic mass is 16.4. The minimum Gasteiger partial charge on any atom is -0.481 e. The molecule has 23 heavy (non-hydrogen) atoms. The molecule has 0 aromatic heterocycles. The number of allylic oxidation sites excluding steroid dienone is 6. The largest absolute Gasteiger partial charge is 0.481 e. The highest BCUT2D eigenvalue weighted by Gasteiger charge is 2.12. The molecule has 0 fully saturated rings. The second kappa shape index (κ2) is 12.8. The van der Waals surface area contributed by atoms with E-state index in [0.717, 1.165) is 0 Å². The van der Waals surface area contributed by atoms with Crippen molar-refractivity contribution in [1.29, 1.82) is 0 Å². The van der Waals surface area contributed by atoms with E-state index >= 15 is 0 Å². The van der Waals surface area contributed by atoms with Crippen molar-refractivity contribution < 1.29 is 25.2 Å². The molecule has 3 atom stereocenters. The molecule has 0 saturated heterocycles. The van der Waals surface area contributed by atoms with E-state index in [4.69, 9.17) is 5.11 Å². The van der Waals surface area contributed by atoms with E-state index in [1.807, 2.05) is 13.8 Å². The third-order valence-corrected chi connectivity index (χ3v) is 3.14. The number of rotatable bonds is 11. The van der Waals surface area contributed by atoms with Gasteiger partial charge < -0.3 is 20.4 Å². The molecule has 0 amide bonds. The van der Waals surface area contributed by atoms with Crippen LogP contribution in [0, 0.1) is 5.92 Å². The second-order valence-corrected chi connectivity index (χ2v) is 5.62. The van der Waals surface area contributed by atoms with Crippen molar-refractivity contribution in [3.63, 3.8) is 0 Å². The summed E-state index contributed by atoms with van der Waals surface area (Å²) < 4.78 is 0. The molecule has 0 aliphatic carbocycles. The summed E-state index contributed by atoms with van der Waals surface area (Å²) in [6.45, 7) is 3.87. The Kier molecular flexibility index (Phi) is 11.9. The number of carboxylic acid groups (broad SMARTS) is 1. The molecule has 0 aromatic rings. The summed E-state index contributed by atoms with van der Waals surface area (Å²) in [6, 6.07) is 0. The number of aliphatic hydroxyl groups is 3. The molecule has 130 valence electrons. The SMILES string of the molecule is CC(C)[C@H](O)/C=C/C=C\C=C\C=C\[C@@H](O)[C@@H](O)CCCC(=O)O. The van der Waals surface area contributed by atoms with Crippen LogP contribution in [0.5, 0.6) is 0 Å². The molecule has 0 heterocycles. The van der Waals surface area contributed by atoms with E-state index in [1.165, 1.54) is 6.08 Å². The molecular weight excluding hydrogens is 296 g/mol. The Balaban J connectivity index is 4.04. The Hall–Kier alpha value is -1.69. The van der Waals surface area contributed by atoms with Gasteiger partial charge in [-0.1, -0.05) is 62.5 Å². The van der Waals surface area contributed by atoms with Crippen molar-refractivity contribution in [2.45, 2.75) is 51.4 Å². The first kappa shape index (κ1) is 21.3. The lowest BCUT2D eigenvalue weighted by atomic mass is 10.1. The molecule has 5 heteroatoms. The van der Waals surface area contributed by atoms with Gasteiger partial charge in [-0.25, -0.2) is 0 Å². The van der Waals surface area contributed by atoms with Gasteiger partial charge in [-0.15, -0.1) is 0 Å². The van der Waals surface area contributed by atoms with E-state index < -0.39 is 24.3 Å². The summed E-state index contributed by atoms with van der Waals surface area (Å²) in [5.74, 6) is -0.728. The zero-order valence-corrected chi connectivity index (χ0v) is 13.7. The van der Waals surface area contributed by atoms with Gasteiger partial charge in [0, 0.05) is 6.42 Å². The predicted octanol–water partition coefficient (Wildman–Crippen LogP) is 2.20. The Morgan fingerprint density at radius 1 is 0.870 bits per heavy atom. The first-order valence-electron chi connectivity index (χ1n) is 7.79. The van der Waals surface area contributed by atoms with Crippen LogP contribution in [0.4, 0.5) is 0 Å². The van der Waals surface area contributed by atoms with Gasteiger partial charge in [0.15, 0.2) is 0 Å². The van der Waals surface area contributed by atoms with E-state index in [9.17, 15) is 20.1 Å². The third kappa shape index (κ3) is 12.5. The zero-order valence-electron chi connectivity index (χ0n) is 13.7. The fraction of sp³-hybridized carbons (Fsp3) is 0.500. The topological polar surface area (TPSA) is 98.0 Å². The van der Waals surface area contributed by atoms with Crippen molar-refractivity contribution in [3.8, 4) is 0 Å². The van der Waals surface area contributed by atoms with Gasteiger partial charge in [0.1, 0.15) is 0 Å². The maximum absolute atomic E-state index is 10.3. The van der Waals surface area contributed by atoms with E-state index in [2.05, 4.69) is 0 Å². The van der Waals surface area contributed by atoms with Crippen LogP contribution < -0.4 is 0 Å². The first-order valence-corrected chi connectivity index (χ1v) is 7.79. The van der Waals surface area contributed by atoms with E-state index in [0.29, 0.717) is 6.42 Å². The average Bonchev–Trinajstić information content (AvgIpc) is 2.48. The van der Waals surface area contributed by atoms with Gasteiger partial charge in [-0.2, -0.15) is 0 Å². The number of carbonyl (C=O) groups is 1. The van der Waals surface area contributed by atoms with Gasteiger partial charge in [-0.05, 0) is 18.8 Å². The molecule has 0 radical (unpaired) electrons. The maximum atomic E-state index is 10.3. The monoisotopic (exact) mass is 324 g/mol. The average molecular weight is 324 g/mol. The summed E-state index contributed by atoms with van der Waals surface area (Å²) in [7, 11) is 0. The van der Waals surface area contributed by atoms with E-state index in [-0.39, 0.29) is 18.8 Å². The minimum atomic E-state index is -1.02. The molecule has 0 spiro atoms. The van der Waals surface area contributed by atoms with Crippen LogP contribution in [0.25, 0.3) is 0 Å². The summed E-state index contributed by atoms with van der Waals surface area (Å²) in [6.07, 6.45) is 11.7. The normalized spacial score (nSPS) is 17.0. The molecule has 4 N–H and O–H groups in total. The van der Waals surface area contributed by atoms with Crippen molar-refractivity contribution in [1.82, 2.24) is 0 Å². The molecule has 0 unspecified atom stereocenters. The molecule has 0 saturated carbocycles. The van der Waals surface area contributed by atoms with Crippen LogP contribution in [-0.2, 0) is 4.79 Å². The van der Waals surface area contributed by atoms with E-state index in [1.54, 1.807) is 42.5 Å². The summed E-state index contributed by atoms with van der Waals surface area (Å²) in [4.78, 5) is 10.3. The second-order valence-electron chi connectivity index (χ2n) is 5.62. The van der Waals surface area contributed by atoms with Gasteiger partial charge >= 0.3 is 5.97 Å². The first-order chi connectivity index (χ1) is 10.8. The Bertz CT molecular complexity index is 435. The van der Waals surface area contributed by atoms with Crippen LogP contribution in [0.3, 0.4) is 0 Å². The number of aliphatic carboxylic acids is 1.